The summed E-state index contributed by atoms with van der Waals surface area (Å²) < 4.78 is 18.5. The first-order valence-corrected chi connectivity index (χ1v) is 9.55. The van der Waals surface area contributed by atoms with Gasteiger partial charge in [-0.05, 0) is 32.0 Å². The SMILES string of the molecule is COc1ncc(-c2cn[nH]c2)cc1Nc1ncc(C)c(N[C@@H](C)c2ccc(F)cn2)n1. The Morgan fingerprint density at radius 2 is 1.94 bits per heavy atom. The van der Waals surface area contributed by atoms with E-state index in [1.165, 1.54) is 12.3 Å². The summed E-state index contributed by atoms with van der Waals surface area (Å²) in [6.07, 6.45) is 8.10. The van der Waals surface area contributed by atoms with Gasteiger partial charge in [-0.1, -0.05) is 0 Å². The molecule has 4 aromatic heterocycles. The second-order valence-corrected chi connectivity index (χ2v) is 6.89. The highest BCUT2D eigenvalue weighted by molar-refractivity contribution is 5.71. The summed E-state index contributed by atoms with van der Waals surface area (Å²) in [5.41, 5.74) is 3.93. The van der Waals surface area contributed by atoms with Crippen molar-refractivity contribution < 1.29 is 9.13 Å². The number of H-pyrrole nitrogens is 1. The number of aryl methyl sites for hydroxylation is 1. The molecule has 4 heterocycles. The summed E-state index contributed by atoms with van der Waals surface area (Å²) >= 11 is 0. The number of aromatic nitrogens is 6. The Hall–Kier alpha value is -4.08. The van der Waals surface area contributed by atoms with Crippen molar-refractivity contribution in [1.29, 1.82) is 0 Å². The van der Waals surface area contributed by atoms with Crippen molar-refractivity contribution in [3.8, 4) is 17.0 Å². The Labute approximate surface area is 178 Å². The van der Waals surface area contributed by atoms with Crippen LogP contribution in [0.2, 0.25) is 0 Å². The molecular weight excluding hydrogens is 399 g/mol. The summed E-state index contributed by atoms with van der Waals surface area (Å²) in [7, 11) is 1.55. The maximum atomic E-state index is 13.1. The molecule has 0 bridgehead atoms. The Kier molecular flexibility index (Phi) is 5.69. The zero-order chi connectivity index (χ0) is 21.8. The molecule has 0 radical (unpaired) electrons. The molecule has 10 heteroatoms. The normalized spacial score (nSPS) is 11.7. The first-order chi connectivity index (χ1) is 15.0. The highest BCUT2D eigenvalue weighted by Gasteiger charge is 2.13. The van der Waals surface area contributed by atoms with Crippen LogP contribution in [-0.2, 0) is 0 Å². The molecule has 0 saturated heterocycles. The lowest BCUT2D eigenvalue weighted by Crippen LogP contribution is -2.12. The summed E-state index contributed by atoms with van der Waals surface area (Å²) in [4.78, 5) is 17.4. The fourth-order valence-electron chi connectivity index (χ4n) is 2.96. The van der Waals surface area contributed by atoms with Crippen LogP contribution < -0.4 is 15.4 Å². The summed E-state index contributed by atoms with van der Waals surface area (Å²) in [6, 6.07) is 4.73. The molecular formula is C21H21FN8O. The standard InChI is InChI=1S/C21H21FN8O/c1-12-7-25-21(30-19(12)28-13(2)17-5-4-16(22)11-23-17)29-18-6-14(8-24-20(18)31-3)15-9-26-27-10-15/h4-11,13H,1-3H3,(H,26,27)(H2,25,28,29,30)/t13-/m0/s1. The van der Waals surface area contributed by atoms with Gasteiger partial charge in [0.15, 0.2) is 0 Å². The van der Waals surface area contributed by atoms with E-state index in [1.54, 1.807) is 38.0 Å². The molecule has 0 aliphatic rings. The minimum Gasteiger partial charge on any atom is -0.480 e. The van der Waals surface area contributed by atoms with Crippen LogP contribution >= 0.6 is 0 Å². The van der Waals surface area contributed by atoms with E-state index in [0.29, 0.717) is 29.0 Å². The number of hydrogen-bond donors (Lipinski definition) is 3. The maximum Gasteiger partial charge on any atom is 0.237 e. The van der Waals surface area contributed by atoms with Gasteiger partial charge in [0.25, 0.3) is 0 Å². The van der Waals surface area contributed by atoms with E-state index < -0.39 is 0 Å². The predicted octanol–water partition coefficient (Wildman–Crippen LogP) is 4.03. The summed E-state index contributed by atoms with van der Waals surface area (Å²) in [5, 5.41) is 13.2. The van der Waals surface area contributed by atoms with Gasteiger partial charge in [0.05, 0.1) is 31.2 Å². The van der Waals surface area contributed by atoms with Crippen LogP contribution in [0.25, 0.3) is 11.1 Å². The molecule has 0 fully saturated rings. The van der Waals surface area contributed by atoms with E-state index in [9.17, 15) is 4.39 Å². The number of aromatic amines is 1. The van der Waals surface area contributed by atoms with E-state index in [4.69, 9.17) is 4.74 Å². The molecule has 0 unspecified atom stereocenters. The number of pyridine rings is 2. The summed E-state index contributed by atoms with van der Waals surface area (Å²) in [5.74, 6) is 1.04. The summed E-state index contributed by atoms with van der Waals surface area (Å²) in [6.45, 7) is 3.83. The van der Waals surface area contributed by atoms with Gasteiger partial charge < -0.3 is 15.4 Å². The van der Waals surface area contributed by atoms with Gasteiger partial charge in [0.2, 0.25) is 11.8 Å². The van der Waals surface area contributed by atoms with Crippen molar-refractivity contribution >= 4 is 17.5 Å². The molecule has 0 spiro atoms. The zero-order valence-electron chi connectivity index (χ0n) is 17.2. The van der Waals surface area contributed by atoms with Gasteiger partial charge in [-0.3, -0.25) is 10.1 Å². The predicted molar refractivity (Wildman–Crippen MR) is 115 cm³/mol. The van der Waals surface area contributed by atoms with Gasteiger partial charge in [0, 0.05) is 35.3 Å². The molecule has 0 aliphatic carbocycles. The number of nitrogens with one attached hydrogen (secondary N) is 3. The molecule has 9 nitrogen and oxygen atoms in total. The number of halogens is 1. The zero-order valence-corrected chi connectivity index (χ0v) is 17.2. The number of hydrogen-bond acceptors (Lipinski definition) is 8. The van der Waals surface area contributed by atoms with Crippen molar-refractivity contribution in [1.82, 2.24) is 30.1 Å². The fraction of sp³-hybridized carbons (Fsp3) is 0.190. The van der Waals surface area contributed by atoms with Crippen LogP contribution in [0.4, 0.5) is 21.8 Å². The number of rotatable bonds is 7. The first kappa shape index (κ1) is 20.2. The van der Waals surface area contributed by atoms with E-state index >= 15 is 0 Å². The van der Waals surface area contributed by atoms with Crippen LogP contribution in [-0.4, -0.2) is 37.2 Å². The average Bonchev–Trinajstić information content (AvgIpc) is 3.31. The average molecular weight is 420 g/mol. The molecule has 4 rings (SSSR count). The van der Waals surface area contributed by atoms with Gasteiger partial charge in [-0.25, -0.2) is 14.4 Å². The molecule has 0 saturated carbocycles. The topological polar surface area (TPSA) is 114 Å². The molecule has 1 atom stereocenters. The Balaban J connectivity index is 1.58. The molecule has 158 valence electrons. The minimum atomic E-state index is -0.374. The van der Waals surface area contributed by atoms with E-state index in [2.05, 4.69) is 40.8 Å². The van der Waals surface area contributed by atoms with Crippen LogP contribution in [0.5, 0.6) is 5.88 Å². The molecule has 3 N–H and O–H groups in total. The third-order valence-corrected chi connectivity index (χ3v) is 4.64. The van der Waals surface area contributed by atoms with Gasteiger partial charge in [-0.15, -0.1) is 0 Å². The van der Waals surface area contributed by atoms with Crippen LogP contribution in [0.15, 0.2) is 49.2 Å². The molecule has 0 aromatic carbocycles. The Bertz CT molecular complexity index is 1160. The van der Waals surface area contributed by atoms with Crippen molar-refractivity contribution in [3.63, 3.8) is 0 Å². The third-order valence-electron chi connectivity index (χ3n) is 4.64. The second-order valence-electron chi connectivity index (χ2n) is 6.89. The van der Waals surface area contributed by atoms with Crippen molar-refractivity contribution in [2.75, 3.05) is 17.7 Å². The molecule has 4 aromatic rings. The second kappa shape index (κ2) is 8.74. The van der Waals surface area contributed by atoms with Crippen molar-refractivity contribution in [2.45, 2.75) is 19.9 Å². The number of anilines is 3. The van der Waals surface area contributed by atoms with Gasteiger partial charge in [-0.2, -0.15) is 10.1 Å². The van der Waals surface area contributed by atoms with Gasteiger partial charge >= 0.3 is 0 Å². The molecule has 0 amide bonds. The lowest BCUT2D eigenvalue weighted by Gasteiger charge is -2.17. The lowest BCUT2D eigenvalue weighted by atomic mass is 10.1. The van der Waals surface area contributed by atoms with E-state index in [0.717, 1.165) is 16.7 Å². The molecule has 31 heavy (non-hydrogen) atoms. The Morgan fingerprint density at radius 3 is 2.65 bits per heavy atom. The highest BCUT2D eigenvalue weighted by Crippen LogP contribution is 2.30. The number of nitrogens with zero attached hydrogens (tertiary/aromatic N) is 5. The monoisotopic (exact) mass is 420 g/mol. The Morgan fingerprint density at radius 1 is 1.06 bits per heavy atom. The minimum absolute atomic E-state index is 0.178. The van der Waals surface area contributed by atoms with Crippen LogP contribution in [0.3, 0.4) is 0 Å². The van der Waals surface area contributed by atoms with Gasteiger partial charge in [0.1, 0.15) is 17.3 Å². The third kappa shape index (κ3) is 4.58. The smallest absolute Gasteiger partial charge is 0.237 e. The first-order valence-electron chi connectivity index (χ1n) is 9.55. The molecule has 0 aliphatic heterocycles. The highest BCUT2D eigenvalue weighted by atomic mass is 19.1. The maximum absolute atomic E-state index is 13.1. The van der Waals surface area contributed by atoms with E-state index in [-0.39, 0.29) is 11.9 Å². The van der Waals surface area contributed by atoms with Crippen LogP contribution in [0, 0.1) is 12.7 Å². The van der Waals surface area contributed by atoms with Crippen LogP contribution in [0.1, 0.15) is 24.2 Å². The largest absolute Gasteiger partial charge is 0.480 e. The lowest BCUT2D eigenvalue weighted by molar-refractivity contribution is 0.400. The number of methoxy groups -OCH3 is 1. The van der Waals surface area contributed by atoms with E-state index in [1.807, 2.05) is 19.9 Å². The fourth-order valence-corrected chi connectivity index (χ4v) is 2.96. The van der Waals surface area contributed by atoms with Crippen molar-refractivity contribution in [3.05, 3.63) is 66.3 Å². The van der Waals surface area contributed by atoms with Crippen molar-refractivity contribution in [2.24, 2.45) is 0 Å². The quantitative estimate of drug-likeness (QED) is 0.411. The number of ether oxygens (including phenoxy) is 1.